The van der Waals surface area contributed by atoms with Crippen LogP contribution in [0.5, 0.6) is 5.75 Å². The van der Waals surface area contributed by atoms with Crippen molar-refractivity contribution >= 4 is 13.5 Å². The molecule has 7 heteroatoms. The van der Waals surface area contributed by atoms with Gasteiger partial charge in [0.1, 0.15) is 11.5 Å². The van der Waals surface area contributed by atoms with Crippen molar-refractivity contribution in [1.29, 1.82) is 0 Å². The molecule has 2 atom stereocenters. The topological polar surface area (TPSA) is 110 Å². The van der Waals surface area contributed by atoms with Crippen LogP contribution >= 0.6 is 7.75 Å². The van der Waals surface area contributed by atoms with Crippen LogP contribution in [0.3, 0.4) is 0 Å². The summed E-state index contributed by atoms with van der Waals surface area (Å²) in [5.74, 6) is -0.0922. The second kappa shape index (κ2) is 7.13. The van der Waals surface area contributed by atoms with Crippen molar-refractivity contribution in [3.05, 3.63) is 53.8 Å². The Kier molecular flexibility index (Phi) is 5.42. The summed E-state index contributed by atoms with van der Waals surface area (Å²) in [7, 11) is -4.54. The molecule has 6 nitrogen and oxygen atoms in total. The molecule has 4 N–H and O–H groups in total. The van der Waals surface area contributed by atoms with Crippen LogP contribution in [0.1, 0.15) is 31.2 Å². The number of hydrogen-bond donors (Lipinski definition) is 4. The minimum atomic E-state index is -4.54. The fourth-order valence-corrected chi connectivity index (χ4v) is 3.07. The van der Waals surface area contributed by atoms with Crippen molar-refractivity contribution in [1.82, 2.24) is 0 Å². The van der Waals surface area contributed by atoms with Gasteiger partial charge >= 0.3 is 7.75 Å². The third kappa shape index (κ3) is 5.06. The molecule has 2 rings (SSSR count). The van der Waals surface area contributed by atoms with E-state index in [9.17, 15) is 14.8 Å². The quantitative estimate of drug-likeness (QED) is 0.615. The molecule has 0 heterocycles. The van der Waals surface area contributed by atoms with E-state index in [-0.39, 0.29) is 23.1 Å². The lowest BCUT2D eigenvalue weighted by Gasteiger charge is -2.21. The van der Waals surface area contributed by atoms with Gasteiger partial charge < -0.3 is 20.0 Å². The fourth-order valence-electron chi connectivity index (χ4n) is 2.56. The molecule has 0 bridgehead atoms. The molecule has 1 aromatic rings. The lowest BCUT2D eigenvalue weighted by molar-refractivity contribution is 0.349. The van der Waals surface area contributed by atoms with Gasteiger partial charge in [-0.25, -0.2) is 4.57 Å². The maximum Gasteiger partial charge on any atom is 0.448 e. The summed E-state index contributed by atoms with van der Waals surface area (Å²) < 4.78 is 14.5. The van der Waals surface area contributed by atoms with Gasteiger partial charge in [0, 0.05) is 0 Å². The lowest BCUT2D eigenvalue weighted by Crippen LogP contribution is -2.18. The Morgan fingerprint density at radius 1 is 1.22 bits per heavy atom. The average Bonchev–Trinajstić information content (AvgIpc) is 2.45. The first kappa shape index (κ1) is 17.5. The van der Waals surface area contributed by atoms with Gasteiger partial charge in [0.05, 0.1) is 11.6 Å². The number of allylic oxidation sites excluding steroid dienone is 4. The monoisotopic (exact) mass is 337 g/mol. The molecule has 124 valence electrons. The van der Waals surface area contributed by atoms with E-state index in [0.29, 0.717) is 12.8 Å². The third-order valence-electron chi connectivity index (χ3n) is 3.84. The number of rotatable bonds is 5. The summed E-state index contributed by atoms with van der Waals surface area (Å²) in [6.45, 7) is 2.02. The molecule has 0 saturated carbocycles. The van der Waals surface area contributed by atoms with Crippen molar-refractivity contribution in [2.45, 2.75) is 25.7 Å². The molecule has 2 unspecified atom stereocenters. The second-order valence-corrected chi connectivity index (χ2v) is 6.84. The lowest BCUT2D eigenvalue weighted by atomic mass is 9.87. The highest BCUT2D eigenvalue weighted by Crippen LogP contribution is 2.39. The highest BCUT2D eigenvalue weighted by molar-refractivity contribution is 7.50. The number of benzene rings is 1. The van der Waals surface area contributed by atoms with Crippen molar-refractivity contribution in [3.63, 3.8) is 0 Å². The number of phenolic OH excluding ortho intramolecular Hbond substituents is 1. The normalized spacial score (nSPS) is 21.3. The molecule has 0 aliphatic heterocycles. The van der Waals surface area contributed by atoms with Crippen LogP contribution < -0.4 is 0 Å². The van der Waals surface area contributed by atoms with Gasteiger partial charge in [-0.1, -0.05) is 25.1 Å². The zero-order chi connectivity index (χ0) is 17.0. The molecule has 0 spiro atoms. The molecule has 0 aromatic heterocycles. The number of aliphatic hydroxyl groups excluding tert-OH is 1. The summed E-state index contributed by atoms with van der Waals surface area (Å²) in [6.07, 6.45) is 5.74. The molecule has 23 heavy (non-hydrogen) atoms. The molecular weight excluding hydrogens is 317 g/mol. The van der Waals surface area contributed by atoms with E-state index in [4.69, 9.17) is 9.79 Å². The Hall–Kier alpha value is -1.88. The molecule has 1 aliphatic carbocycles. The Labute approximate surface area is 134 Å². The minimum absolute atomic E-state index is 0.0533. The third-order valence-corrected chi connectivity index (χ3v) is 4.34. The molecule has 1 aliphatic rings. The van der Waals surface area contributed by atoms with Gasteiger partial charge in [-0.05, 0) is 48.6 Å². The molecular formula is C16H20NO5P. The van der Waals surface area contributed by atoms with E-state index in [1.807, 2.05) is 19.1 Å². The summed E-state index contributed by atoms with van der Waals surface area (Å²) in [5, 5.41) is 19.3. The molecule has 1 aromatic carbocycles. The van der Waals surface area contributed by atoms with Gasteiger partial charge in [0.15, 0.2) is 0 Å². The Bertz CT molecular complexity index is 687. The summed E-state index contributed by atoms with van der Waals surface area (Å²) in [5.41, 5.74) is 1.24. The van der Waals surface area contributed by atoms with Crippen LogP contribution in [-0.2, 0) is 4.57 Å². The van der Waals surface area contributed by atoms with E-state index >= 15 is 0 Å². The van der Waals surface area contributed by atoms with Crippen LogP contribution in [0.15, 0.2) is 53.0 Å². The van der Waals surface area contributed by atoms with Crippen molar-refractivity contribution < 1.29 is 24.6 Å². The highest BCUT2D eigenvalue weighted by atomic mass is 31.2. The number of hydrogen-bond acceptors (Lipinski definition) is 3. The van der Waals surface area contributed by atoms with Crippen molar-refractivity contribution in [2.24, 2.45) is 10.7 Å². The van der Waals surface area contributed by atoms with Crippen LogP contribution in [0.2, 0.25) is 0 Å². The van der Waals surface area contributed by atoms with E-state index in [2.05, 4.69) is 4.76 Å². The number of phenols is 1. The van der Waals surface area contributed by atoms with Crippen LogP contribution in [0, 0.1) is 5.92 Å². The summed E-state index contributed by atoms with van der Waals surface area (Å²) in [6, 6.07) is 6.91. The minimum Gasteiger partial charge on any atom is -0.512 e. The maximum absolute atomic E-state index is 11.1. The molecule has 0 fully saturated rings. The van der Waals surface area contributed by atoms with Gasteiger partial charge in [-0.2, -0.15) is 4.76 Å². The van der Waals surface area contributed by atoms with Crippen molar-refractivity contribution in [2.75, 3.05) is 0 Å². The van der Waals surface area contributed by atoms with Crippen LogP contribution in [0.25, 0.3) is 0 Å². The zero-order valence-electron chi connectivity index (χ0n) is 12.7. The number of aromatic hydroxyl groups is 1. The first-order valence-corrected chi connectivity index (χ1v) is 8.84. The van der Waals surface area contributed by atoms with E-state index in [1.165, 1.54) is 18.2 Å². The standard InChI is InChI=1S/C16H20NO5P/c1-11(12-6-8-13(18)9-7-12)5-10-14-15(17-23(20,21)22)3-2-4-16(14)19/h2-4,6-9,11,14,18-19H,5,10H2,1H3,(H2,20,21,22). The molecule has 0 saturated heterocycles. The SMILES string of the molecule is CC(CCC1C(O)=CC=CC1=NP(=O)(O)O)c1ccc(O)cc1. The van der Waals surface area contributed by atoms with E-state index < -0.39 is 13.7 Å². The second-order valence-electron chi connectivity index (χ2n) is 5.61. The summed E-state index contributed by atoms with van der Waals surface area (Å²) in [4.78, 5) is 18.0. The van der Waals surface area contributed by atoms with E-state index in [1.54, 1.807) is 12.1 Å². The summed E-state index contributed by atoms with van der Waals surface area (Å²) >= 11 is 0. The Balaban J connectivity index is 2.09. The molecule has 0 amide bonds. The maximum atomic E-state index is 11.1. The Morgan fingerprint density at radius 2 is 1.87 bits per heavy atom. The number of aliphatic hydroxyl groups is 1. The van der Waals surface area contributed by atoms with Crippen molar-refractivity contribution in [3.8, 4) is 5.75 Å². The van der Waals surface area contributed by atoms with Crippen LogP contribution in [0.4, 0.5) is 0 Å². The molecule has 0 radical (unpaired) electrons. The van der Waals surface area contributed by atoms with Gasteiger partial charge in [0.2, 0.25) is 0 Å². The van der Waals surface area contributed by atoms with Gasteiger partial charge in [-0.3, -0.25) is 0 Å². The largest absolute Gasteiger partial charge is 0.512 e. The smallest absolute Gasteiger partial charge is 0.448 e. The number of nitrogens with zero attached hydrogens (tertiary/aromatic N) is 1. The van der Waals surface area contributed by atoms with Gasteiger partial charge in [-0.15, -0.1) is 0 Å². The first-order valence-electron chi connectivity index (χ1n) is 7.28. The highest BCUT2D eigenvalue weighted by Gasteiger charge is 2.25. The fraction of sp³-hybridized carbons (Fsp3) is 0.312. The predicted octanol–water partition coefficient (Wildman–Crippen LogP) is 3.44. The zero-order valence-corrected chi connectivity index (χ0v) is 13.6. The van der Waals surface area contributed by atoms with Gasteiger partial charge in [0.25, 0.3) is 0 Å². The first-order chi connectivity index (χ1) is 10.8. The Morgan fingerprint density at radius 3 is 2.48 bits per heavy atom. The van der Waals surface area contributed by atoms with E-state index in [0.717, 1.165) is 5.56 Å². The average molecular weight is 337 g/mol. The van der Waals surface area contributed by atoms with Crippen LogP contribution in [-0.4, -0.2) is 25.7 Å². The predicted molar refractivity (Wildman–Crippen MR) is 88.6 cm³/mol.